The van der Waals surface area contributed by atoms with E-state index in [0.29, 0.717) is 41.6 Å². The number of allylic oxidation sites excluding steroid dienone is 2. The number of ether oxygens (including phenoxy) is 2. The fraction of sp³-hybridized carbons (Fsp3) is 0.206. The van der Waals surface area contributed by atoms with E-state index in [-0.39, 0.29) is 6.04 Å². The van der Waals surface area contributed by atoms with E-state index >= 15 is 0 Å². The van der Waals surface area contributed by atoms with Crippen molar-refractivity contribution in [3.63, 3.8) is 0 Å². The summed E-state index contributed by atoms with van der Waals surface area (Å²) in [6.07, 6.45) is 7.64. The Morgan fingerprint density at radius 1 is 1.00 bits per heavy atom. The van der Waals surface area contributed by atoms with Gasteiger partial charge in [-0.2, -0.15) is 0 Å². The number of nitrogens with zero attached hydrogens (tertiary/aromatic N) is 1. The van der Waals surface area contributed by atoms with Crippen molar-refractivity contribution in [3.8, 4) is 11.5 Å². The normalized spacial score (nSPS) is 19.2. The summed E-state index contributed by atoms with van der Waals surface area (Å²) < 4.78 is 12.8. The SMILES string of the molecule is CCOc1cc(C=Nc2ccc([C@@H]3Nc4ccccc4[C@@H]4C=CC[C@@H]43)cc2)cc(Br)c1OCc1ccccc1Cl. The molecule has 4 aromatic carbocycles. The molecule has 0 saturated heterocycles. The Morgan fingerprint density at radius 2 is 1.80 bits per heavy atom. The Balaban J connectivity index is 1.18. The zero-order valence-corrected chi connectivity index (χ0v) is 24.5. The molecule has 1 aliphatic carbocycles. The van der Waals surface area contributed by atoms with Gasteiger partial charge in [0, 0.05) is 28.4 Å². The van der Waals surface area contributed by atoms with Crippen LogP contribution < -0.4 is 14.8 Å². The zero-order chi connectivity index (χ0) is 27.5. The Bertz CT molecular complexity index is 1570. The lowest BCUT2D eigenvalue weighted by Gasteiger charge is -2.37. The molecule has 1 N–H and O–H groups in total. The molecule has 2 aliphatic rings. The fourth-order valence-corrected chi connectivity index (χ4v) is 6.39. The lowest BCUT2D eigenvalue weighted by atomic mass is 9.77. The average molecular weight is 614 g/mol. The molecule has 0 amide bonds. The molecule has 40 heavy (non-hydrogen) atoms. The summed E-state index contributed by atoms with van der Waals surface area (Å²) in [5.41, 5.74) is 6.64. The number of rotatable bonds is 8. The first kappa shape index (κ1) is 26.7. The summed E-state index contributed by atoms with van der Waals surface area (Å²) in [5.74, 6) is 2.29. The van der Waals surface area contributed by atoms with Gasteiger partial charge in [-0.1, -0.05) is 72.3 Å². The third kappa shape index (κ3) is 5.54. The van der Waals surface area contributed by atoms with Crippen LogP contribution in [0.4, 0.5) is 11.4 Å². The standard InChI is InChI=1S/C34H30BrClN2O2/c1-2-39-32-19-22(18-29(35)34(32)40-21-24-8-3-5-12-30(24)36)20-37-25-16-14-23(15-17-25)33-28-11-7-10-26(28)27-9-4-6-13-31(27)38-33/h3-10,12-20,26,28,33,38H,2,11,21H2,1H3/t26-,28-,33-/m0/s1. The van der Waals surface area contributed by atoms with Crippen LogP contribution in [0.1, 0.15) is 47.6 Å². The Kier molecular flexibility index (Phi) is 7.94. The second-order valence-corrected chi connectivity index (χ2v) is 11.3. The molecule has 4 aromatic rings. The third-order valence-corrected chi connectivity index (χ3v) is 8.51. The van der Waals surface area contributed by atoms with Crippen LogP contribution in [0.15, 0.2) is 107 Å². The number of fused-ring (bicyclic) bond motifs is 3. The highest BCUT2D eigenvalue weighted by Crippen LogP contribution is 2.49. The minimum absolute atomic E-state index is 0.274. The minimum atomic E-state index is 0.274. The van der Waals surface area contributed by atoms with Crippen LogP contribution in [-0.2, 0) is 6.61 Å². The zero-order valence-electron chi connectivity index (χ0n) is 22.2. The van der Waals surface area contributed by atoms with Crippen molar-refractivity contribution in [1.29, 1.82) is 0 Å². The van der Waals surface area contributed by atoms with E-state index < -0.39 is 0 Å². The molecule has 6 rings (SSSR count). The molecule has 0 saturated carbocycles. The molecule has 0 radical (unpaired) electrons. The summed E-state index contributed by atoms with van der Waals surface area (Å²) in [5, 5.41) is 4.47. The highest BCUT2D eigenvalue weighted by Gasteiger charge is 2.37. The number of hydrogen-bond acceptors (Lipinski definition) is 4. The first-order chi connectivity index (χ1) is 19.6. The lowest BCUT2D eigenvalue weighted by molar-refractivity contribution is 0.267. The van der Waals surface area contributed by atoms with Crippen LogP contribution in [0.5, 0.6) is 11.5 Å². The second-order valence-electron chi connectivity index (χ2n) is 10.1. The van der Waals surface area contributed by atoms with Gasteiger partial charge >= 0.3 is 0 Å². The smallest absolute Gasteiger partial charge is 0.175 e. The lowest BCUT2D eigenvalue weighted by Crippen LogP contribution is -2.28. The third-order valence-electron chi connectivity index (χ3n) is 7.55. The highest BCUT2D eigenvalue weighted by atomic mass is 79.9. The number of benzene rings is 4. The van der Waals surface area contributed by atoms with Crippen molar-refractivity contribution < 1.29 is 9.47 Å². The van der Waals surface area contributed by atoms with Crippen LogP contribution >= 0.6 is 27.5 Å². The largest absolute Gasteiger partial charge is 0.490 e. The topological polar surface area (TPSA) is 42.8 Å². The average Bonchev–Trinajstić information content (AvgIpc) is 3.47. The number of aliphatic imine (C=N–C) groups is 1. The number of halogens is 2. The number of hydrogen-bond donors (Lipinski definition) is 1. The van der Waals surface area contributed by atoms with E-state index in [4.69, 9.17) is 26.1 Å². The Hall–Kier alpha value is -3.54. The molecule has 0 aromatic heterocycles. The molecular weight excluding hydrogens is 584 g/mol. The predicted molar refractivity (Wildman–Crippen MR) is 168 cm³/mol. The van der Waals surface area contributed by atoms with Gasteiger partial charge in [-0.25, -0.2) is 0 Å². The Morgan fingerprint density at radius 3 is 2.62 bits per heavy atom. The van der Waals surface area contributed by atoms with E-state index in [9.17, 15) is 0 Å². The van der Waals surface area contributed by atoms with Gasteiger partial charge in [-0.3, -0.25) is 4.99 Å². The first-order valence-corrected chi connectivity index (χ1v) is 14.8. The molecule has 3 atom stereocenters. The maximum Gasteiger partial charge on any atom is 0.175 e. The van der Waals surface area contributed by atoms with Gasteiger partial charge in [0.25, 0.3) is 0 Å². The Labute approximate surface area is 248 Å². The number of nitrogens with one attached hydrogen (secondary N) is 1. The molecule has 4 nitrogen and oxygen atoms in total. The summed E-state index contributed by atoms with van der Waals surface area (Å²) >= 11 is 9.97. The van der Waals surface area contributed by atoms with Crippen LogP contribution in [0.25, 0.3) is 0 Å². The van der Waals surface area contributed by atoms with Crippen molar-refractivity contribution in [1.82, 2.24) is 0 Å². The van der Waals surface area contributed by atoms with Crippen molar-refractivity contribution in [2.24, 2.45) is 10.9 Å². The predicted octanol–water partition coefficient (Wildman–Crippen LogP) is 9.66. The van der Waals surface area contributed by atoms with Gasteiger partial charge in [-0.05, 0) is 88.3 Å². The molecule has 0 spiro atoms. The summed E-state index contributed by atoms with van der Waals surface area (Å²) in [4.78, 5) is 4.75. The summed E-state index contributed by atoms with van der Waals surface area (Å²) in [6.45, 7) is 2.82. The maximum absolute atomic E-state index is 6.31. The van der Waals surface area contributed by atoms with Crippen molar-refractivity contribution in [3.05, 3.63) is 129 Å². The van der Waals surface area contributed by atoms with Gasteiger partial charge in [-0.15, -0.1) is 0 Å². The van der Waals surface area contributed by atoms with Crippen LogP contribution in [0, 0.1) is 5.92 Å². The van der Waals surface area contributed by atoms with E-state index in [1.165, 1.54) is 16.8 Å². The van der Waals surface area contributed by atoms with Crippen LogP contribution in [-0.4, -0.2) is 12.8 Å². The van der Waals surface area contributed by atoms with E-state index in [2.05, 4.69) is 81.9 Å². The molecule has 0 fully saturated rings. The molecule has 202 valence electrons. The monoisotopic (exact) mass is 612 g/mol. The number of para-hydroxylation sites is 1. The first-order valence-electron chi connectivity index (χ1n) is 13.6. The number of anilines is 1. The molecule has 1 heterocycles. The van der Waals surface area contributed by atoms with Gasteiger partial charge in [0.05, 0.1) is 22.8 Å². The van der Waals surface area contributed by atoms with E-state index in [1.54, 1.807) is 0 Å². The minimum Gasteiger partial charge on any atom is -0.490 e. The molecule has 0 bridgehead atoms. The highest BCUT2D eigenvalue weighted by molar-refractivity contribution is 9.10. The summed E-state index contributed by atoms with van der Waals surface area (Å²) in [6, 6.07) is 29.1. The van der Waals surface area contributed by atoms with E-state index in [1.807, 2.05) is 49.5 Å². The quantitative estimate of drug-likeness (QED) is 0.159. The van der Waals surface area contributed by atoms with Gasteiger partial charge < -0.3 is 14.8 Å². The maximum atomic E-state index is 6.31. The van der Waals surface area contributed by atoms with Crippen molar-refractivity contribution >= 4 is 45.1 Å². The fourth-order valence-electron chi connectivity index (χ4n) is 5.62. The molecular formula is C34H30BrClN2O2. The molecule has 1 aliphatic heterocycles. The second kappa shape index (κ2) is 11.9. The summed E-state index contributed by atoms with van der Waals surface area (Å²) in [7, 11) is 0. The molecule has 6 heteroatoms. The van der Waals surface area contributed by atoms with Crippen LogP contribution in [0.3, 0.4) is 0 Å². The van der Waals surface area contributed by atoms with Gasteiger partial charge in [0.15, 0.2) is 11.5 Å². The van der Waals surface area contributed by atoms with Gasteiger partial charge in [0.1, 0.15) is 6.61 Å². The van der Waals surface area contributed by atoms with Gasteiger partial charge in [0.2, 0.25) is 0 Å². The van der Waals surface area contributed by atoms with Crippen molar-refractivity contribution in [2.45, 2.75) is 31.9 Å². The molecule has 0 unspecified atom stereocenters. The van der Waals surface area contributed by atoms with E-state index in [0.717, 1.165) is 27.7 Å². The van der Waals surface area contributed by atoms with Crippen LogP contribution in [0.2, 0.25) is 5.02 Å². The van der Waals surface area contributed by atoms with Crippen molar-refractivity contribution in [2.75, 3.05) is 11.9 Å².